The Labute approximate surface area is 87.1 Å². The first-order valence-electron chi connectivity index (χ1n) is 5.40. The van der Waals surface area contributed by atoms with E-state index in [9.17, 15) is 0 Å². The summed E-state index contributed by atoms with van der Waals surface area (Å²) in [5, 5.41) is 4.34. The van der Waals surface area contributed by atoms with Crippen LogP contribution in [-0.2, 0) is 0 Å². The van der Waals surface area contributed by atoms with Gasteiger partial charge in [0.1, 0.15) is 0 Å². The molecule has 0 aromatic heterocycles. The third-order valence-electron chi connectivity index (χ3n) is 3.13. The van der Waals surface area contributed by atoms with E-state index < -0.39 is 0 Å². The van der Waals surface area contributed by atoms with E-state index in [0.717, 1.165) is 5.25 Å². The maximum atomic E-state index is 3.49. The molecule has 0 radical (unpaired) electrons. The van der Waals surface area contributed by atoms with Gasteiger partial charge in [0.25, 0.3) is 0 Å². The van der Waals surface area contributed by atoms with Gasteiger partial charge in [-0.2, -0.15) is 11.8 Å². The third-order valence-corrected chi connectivity index (χ3v) is 4.71. The van der Waals surface area contributed by atoms with Crippen LogP contribution in [0.1, 0.15) is 40.0 Å². The minimum absolute atomic E-state index is 0.500. The van der Waals surface area contributed by atoms with Crippen molar-refractivity contribution in [1.29, 1.82) is 0 Å². The van der Waals surface area contributed by atoms with Crippen molar-refractivity contribution in [1.82, 2.24) is 5.32 Å². The largest absolute Gasteiger partial charge is 0.315 e. The van der Waals surface area contributed by atoms with Crippen LogP contribution in [0.15, 0.2) is 0 Å². The average Bonchev–Trinajstić information content (AvgIpc) is 2.37. The molecule has 1 nitrogen and oxygen atoms in total. The Balaban J connectivity index is 2.48. The summed E-state index contributed by atoms with van der Waals surface area (Å²) in [6, 6.07) is 0.712. The van der Waals surface area contributed by atoms with Crippen LogP contribution in [0.4, 0.5) is 0 Å². The minimum atomic E-state index is 0.500. The van der Waals surface area contributed by atoms with Crippen LogP contribution in [0, 0.1) is 5.41 Å². The van der Waals surface area contributed by atoms with Crippen molar-refractivity contribution < 1.29 is 0 Å². The first kappa shape index (κ1) is 11.4. The Kier molecular flexibility index (Phi) is 4.11. The summed E-state index contributed by atoms with van der Waals surface area (Å²) in [7, 11) is 2.11. The Morgan fingerprint density at radius 2 is 2.15 bits per heavy atom. The molecule has 1 N–H and O–H groups in total. The van der Waals surface area contributed by atoms with Crippen LogP contribution in [-0.4, -0.2) is 24.1 Å². The van der Waals surface area contributed by atoms with Crippen LogP contribution in [0.2, 0.25) is 0 Å². The molecule has 1 fully saturated rings. The quantitative estimate of drug-likeness (QED) is 0.750. The molecule has 1 aliphatic rings. The molecule has 0 aromatic carbocycles. The molecule has 0 spiro atoms. The zero-order valence-corrected chi connectivity index (χ0v) is 10.2. The maximum absolute atomic E-state index is 3.49. The highest BCUT2D eigenvalue weighted by atomic mass is 32.2. The SMILES string of the molecule is CCCSC1CCC(C)(C)C1NC. The number of thioether (sulfide) groups is 1. The normalized spacial score (nSPS) is 32.3. The van der Waals surface area contributed by atoms with Crippen molar-refractivity contribution in [3.05, 3.63) is 0 Å². The van der Waals surface area contributed by atoms with Gasteiger partial charge < -0.3 is 5.32 Å². The fourth-order valence-corrected chi connectivity index (χ4v) is 3.88. The summed E-state index contributed by atoms with van der Waals surface area (Å²) in [5.41, 5.74) is 0.500. The molecule has 0 bridgehead atoms. The smallest absolute Gasteiger partial charge is 0.0234 e. The molecule has 2 heteroatoms. The molecule has 0 aromatic rings. The molecule has 13 heavy (non-hydrogen) atoms. The van der Waals surface area contributed by atoms with E-state index in [1.54, 1.807) is 0 Å². The second-order valence-electron chi connectivity index (χ2n) is 4.70. The van der Waals surface area contributed by atoms with E-state index in [1.165, 1.54) is 25.0 Å². The molecular formula is C11H23NS. The highest BCUT2D eigenvalue weighted by Gasteiger charge is 2.40. The molecule has 1 saturated carbocycles. The van der Waals surface area contributed by atoms with E-state index in [1.807, 2.05) is 0 Å². The highest BCUT2D eigenvalue weighted by Crippen LogP contribution is 2.42. The van der Waals surface area contributed by atoms with Crippen molar-refractivity contribution >= 4 is 11.8 Å². The lowest BCUT2D eigenvalue weighted by Gasteiger charge is -2.30. The van der Waals surface area contributed by atoms with Crippen molar-refractivity contribution in [2.75, 3.05) is 12.8 Å². The Hall–Kier alpha value is 0.310. The molecule has 1 rings (SSSR count). The number of hydrogen-bond donors (Lipinski definition) is 1. The van der Waals surface area contributed by atoms with Gasteiger partial charge in [-0.25, -0.2) is 0 Å². The fourth-order valence-electron chi connectivity index (χ4n) is 2.37. The van der Waals surface area contributed by atoms with Gasteiger partial charge >= 0.3 is 0 Å². The minimum Gasteiger partial charge on any atom is -0.315 e. The number of nitrogens with one attached hydrogen (secondary N) is 1. The standard InChI is InChI=1S/C11H23NS/c1-5-8-13-9-6-7-11(2,3)10(9)12-4/h9-10,12H,5-8H2,1-4H3. The molecular weight excluding hydrogens is 178 g/mol. The summed E-state index contributed by atoms with van der Waals surface area (Å²) >= 11 is 2.16. The van der Waals surface area contributed by atoms with E-state index in [2.05, 4.69) is 44.9 Å². The van der Waals surface area contributed by atoms with Crippen LogP contribution in [0.3, 0.4) is 0 Å². The van der Waals surface area contributed by atoms with Gasteiger partial charge in [-0.05, 0) is 37.5 Å². The summed E-state index contributed by atoms with van der Waals surface area (Å²) in [5.74, 6) is 1.32. The van der Waals surface area contributed by atoms with Gasteiger partial charge in [-0.3, -0.25) is 0 Å². The summed E-state index contributed by atoms with van der Waals surface area (Å²) in [4.78, 5) is 0. The molecule has 0 amide bonds. The monoisotopic (exact) mass is 201 g/mol. The second kappa shape index (κ2) is 4.70. The first-order valence-corrected chi connectivity index (χ1v) is 6.45. The fraction of sp³-hybridized carbons (Fsp3) is 1.00. The lowest BCUT2D eigenvalue weighted by Crippen LogP contribution is -2.41. The lowest BCUT2D eigenvalue weighted by molar-refractivity contribution is 0.300. The Bertz CT molecular complexity index is 156. The van der Waals surface area contributed by atoms with Crippen LogP contribution in [0.5, 0.6) is 0 Å². The highest BCUT2D eigenvalue weighted by molar-refractivity contribution is 7.99. The van der Waals surface area contributed by atoms with Crippen LogP contribution < -0.4 is 5.32 Å². The van der Waals surface area contributed by atoms with E-state index in [0.29, 0.717) is 11.5 Å². The average molecular weight is 201 g/mol. The third kappa shape index (κ3) is 2.63. The summed E-state index contributed by atoms with van der Waals surface area (Å²) < 4.78 is 0. The van der Waals surface area contributed by atoms with Crippen molar-refractivity contribution in [3.8, 4) is 0 Å². The topological polar surface area (TPSA) is 12.0 Å². The zero-order chi connectivity index (χ0) is 9.90. The van der Waals surface area contributed by atoms with Crippen LogP contribution in [0.25, 0.3) is 0 Å². The maximum Gasteiger partial charge on any atom is 0.0234 e. The van der Waals surface area contributed by atoms with E-state index >= 15 is 0 Å². The number of hydrogen-bond acceptors (Lipinski definition) is 2. The molecule has 2 unspecified atom stereocenters. The van der Waals surface area contributed by atoms with Gasteiger partial charge in [-0.15, -0.1) is 0 Å². The Morgan fingerprint density at radius 3 is 2.69 bits per heavy atom. The summed E-state index contributed by atoms with van der Waals surface area (Å²) in [6.45, 7) is 7.04. The zero-order valence-electron chi connectivity index (χ0n) is 9.39. The molecule has 2 atom stereocenters. The summed E-state index contributed by atoms with van der Waals surface area (Å²) in [6.07, 6.45) is 4.07. The van der Waals surface area contributed by atoms with Gasteiger partial charge in [0.15, 0.2) is 0 Å². The molecule has 78 valence electrons. The first-order chi connectivity index (χ1) is 6.11. The van der Waals surface area contributed by atoms with E-state index in [4.69, 9.17) is 0 Å². The Morgan fingerprint density at radius 1 is 1.46 bits per heavy atom. The van der Waals surface area contributed by atoms with Gasteiger partial charge in [0.05, 0.1) is 0 Å². The van der Waals surface area contributed by atoms with Gasteiger partial charge in [0.2, 0.25) is 0 Å². The van der Waals surface area contributed by atoms with Crippen molar-refractivity contribution in [2.24, 2.45) is 5.41 Å². The van der Waals surface area contributed by atoms with E-state index in [-0.39, 0.29) is 0 Å². The molecule has 0 saturated heterocycles. The predicted octanol–water partition coefficient (Wildman–Crippen LogP) is 2.91. The molecule has 0 heterocycles. The number of rotatable bonds is 4. The molecule has 0 aliphatic heterocycles. The van der Waals surface area contributed by atoms with Gasteiger partial charge in [0, 0.05) is 11.3 Å². The predicted molar refractivity (Wildman–Crippen MR) is 62.4 cm³/mol. The second-order valence-corrected chi connectivity index (χ2v) is 6.05. The van der Waals surface area contributed by atoms with Crippen molar-refractivity contribution in [3.63, 3.8) is 0 Å². The van der Waals surface area contributed by atoms with Crippen LogP contribution >= 0.6 is 11.8 Å². The lowest BCUT2D eigenvalue weighted by atomic mass is 9.87. The van der Waals surface area contributed by atoms with Crippen molar-refractivity contribution in [2.45, 2.75) is 51.3 Å². The molecule has 1 aliphatic carbocycles. The van der Waals surface area contributed by atoms with Gasteiger partial charge in [-0.1, -0.05) is 20.8 Å².